The van der Waals surface area contributed by atoms with E-state index in [1.54, 1.807) is 20.0 Å². The van der Waals surface area contributed by atoms with E-state index in [9.17, 15) is 5.11 Å². The summed E-state index contributed by atoms with van der Waals surface area (Å²) in [5, 5.41) is 19.6. The van der Waals surface area contributed by atoms with Crippen LogP contribution in [0.2, 0.25) is 0 Å². The van der Waals surface area contributed by atoms with Gasteiger partial charge >= 0.3 is 0 Å². The zero-order valence-corrected chi connectivity index (χ0v) is 11.5. The highest BCUT2D eigenvalue weighted by Gasteiger charge is 2.18. The van der Waals surface area contributed by atoms with Gasteiger partial charge in [0.1, 0.15) is 5.69 Å². The third kappa shape index (κ3) is 3.24. The van der Waals surface area contributed by atoms with Crippen LogP contribution in [0, 0.1) is 0 Å². The summed E-state index contributed by atoms with van der Waals surface area (Å²) < 4.78 is 0. The average molecular weight is 264 g/mol. The molecular formula is C12H16N4OS. The zero-order valence-electron chi connectivity index (χ0n) is 10.7. The molecule has 0 bridgehead atoms. The van der Waals surface area contributed by atoms with Crippen LogP contribution in [0.3, 0.4) is 0 Å². The smallest absolute Gasteiger partial charge is 0.208 e. The minimum Gasteiger partial charge on any atom is -0.389 e. The van der Waals surface area contributed by atoms with Gasteiger partial charge in [0.25, 0.3) is 0 Å². The number of aromatic nitrogens is 3. The van der Waals surface area contributed by atoms with Crippen LogP contribution >= 0.6 is 11.3 Å². The van der Waals surface area contributed by atoms with Crippen LogP contribution in [0.15, 0.2) is 24.4 Å². The molecule has 18 heavy (non-hydrogen) atoms. The number of nitrogens with zero attached hydrogens (tertiary/aromatic N) is 4. The van der Waals surface area contributed by atoms with E-state index in [1.807, 2.05) is 30.1 Å². The molecule has 0 fully saturated rings. The second kappa shape index (κ2) is 4.99. The molecule has 0 saturated heterocycles. The number of pyridine rings is 1. The van der Waals surface area contributed by atoms with E-state index in [-0.39, 0.29) is 0 Å². The van der Waals surface area contributed by atoms with Crippen LogP contribution in [0.1, 0.15) is 13.8 Å². The van der Waals surface area contributed by atoms with Crippen molar-refractivity contribution < 1.29 is 5.11 Å². The molecule has 2 aromatic rings. The molecular weight excluding hydrogens is 248 g/mol. The fraction of sp³-hybridized carbons (Fsp3) is 0.417. The lowest BCUT2D eigenvalue weighted by molar-refractivity contribution is 0.0886. The molecule has 0 saturated carbocycles. The van der Waals surface area contributed by atoms with Crippen LogP contribution in [-0.4, -0.2) is 39.5 Å². The first-order valence-corrected chi connectivity index (χ1v) is 6.46. The Morgan fingerprint density at radius 2 is 2.11 bits per heavy atom. The molecule has 0 aliphatic rings. The lowest BCUT2D eigenvalue weighted by Crippen LogP contribution is -2.36. The number of hydrogen-bond acceptors (Lipinski definition) is 6. The Hall–Kier alpha value is -1.53. The van der Waals surface area contributed by atoms with Gasteiger partial charge in [-0.3, -0.25) is 4.98 Å². The summed E-state index contributed by atoms with van der Waals surface area (Å²) in [4.78, 5) is 6.13. The molecule has 2 aromatic heterocycles. The molecule has 96 valence electrons. The molecule has 0 unspecified atom stereocenters. The predicted octanol–water partition coefficient (Wildman–Crippen LogP) is 1.81. The number of aliphatic hydroxyl groups is 1. The van der Waals surface area contributed by atoms with Crippen molar-refractivity contribution in [2.24, 2.45) is 0 Å². The predicted molar refractivity (Wildman–Crippen MR) is 72.7 cm³/mol. The summed E-state index contributed by atoms with van der Waals surface area (Å²) in [7, 11) is 1.89. The topological polar surface area (TPSA) is 62.1 Å². The van der Waals surface area contributed by atoms with Gasteiger partial charge in [-0.2, -0.15) is 0 Å². The Morgan fingerprint density at radius 3 is 2.72 bits per heavy atom. The van der Waals surface area contributed by atoms with E-state index >= 15 is 0 Å². The van der Waals surface area contributed by atoms with Crippen molar-refractivity contribution in [3.05, 3.63) is 24.4 Å². The molecule has 0 aliphatic heterocycles. The second-order valence-electron chi connectivity index (χ2n) is 4.77. The Morgan fingerprint density at radius 1 is 1.33 bits per heavy atom. The van der Waals surface area contributed by atoms with Crippen molar-refractivity contribution in [3.8, 4) is 10.7 Å². The summed E-state index contributed by atoms with van der Waals surface area (Å²) >= 11 is 1.46. The largest absolute Gasteiger partial charge is 0.389 e. The third-order valence-corrected chi connectivity index (χ3v) is 3.31. The highest BCUT2D eigenvalue weighted by Crippen LogP contribution is 2.27. The summed E-state index contributed by atoms with van der Waals surface area (Å²) in [6.45, 7) is 4.04. The molecule has 0 radical (unpaired) electrons. The third-order valence-electron chi connectivity index (χ3n) is 2.25. The molecule has 0 spiro atoms. The summed E-state index contributed by atoms with van der Waals surface area (Å²) in [6, 6.07) is 5.69. The molecule has 0 atom stereocenters. The Bertz CT molecular complexity index is 506. The Balaban J connectivity index is 2.16. The summed E-state index contributed by atoms with van der Waals surface area (Å²) in [6.07, 6.45) is 1.73. The van der Waals surface area contributed by atoms with Crippen molar-refractivity contribution in [3.63, 3.8) is 0 Å². The quantitative estimate of drug-likeness (QED) is 0.912. The lowest BCUT2D eigenvalue weighted by Gasteiger charge is -2.24. The monoisotopic (exact) mass is 264 g/mol. The van der Waals surface area contributed by atoms with Gasteiger partial charge in [0, 0.05) is 19.8 Å². The van der Waals surface area contributed by atoms with Crippen LogP contribution in [0.4, 0.5) is 5.13 Å². The minimum absolute atomic E-state index is 0.504. The van der Waals surface area contributed by atoms with E-state index in [1.165, 1.54) is 11.3 Å². The molecule has 0 aromatic carbocycles. The van der Waals surface area contributed by atoms with Gasteiger partial charge in [-0.1, -0.05) is 17.4 Å². The van der Waals surface area contributed by atoms with Gasteiger partial charge in [0.15, 0.2) is 5.01 Å². The molecule has 2 rings (SSSR count). The highest BCUT2D eigenvalue weighted by molar-refractivity contribution is 7.18. The van der Waals surface area contributed by atoms with Gasteiger partial charge in [0.2, 0.25) is 5.13 Å². The van der Waals surface area contributed by atoms with E-state index < -0.39 is 5.60 Å². The van der Waals surface area contributed by atoms with Crippen LogP contribution < -0.4 is 4.90 Å². The van der Waals surface area contributed by atoms with Crippen LogP contribution in [0.25, 0.3) is 10.7 Å². The van der Waals surface area contributed by atoms with Crippen molar-refractivity contribution in [2.75, 3.05) is 18.5 Å². The summed E-state index contributed by atoms with van der Waals surface area (Å²) in [5.74, 6) is 0. The van der Waals surface area contributed by atoms with Crippen molar-refractivity contribution in [1.82, 2.24) is 15.2 Å². The van der Waals surface area contributed by atoms with E-state index in [4.69, 9.17) is 0 Å². The van der Waals surface area contributed by atoms with Gasteiger partial charge in [-0.05, 0) is 26.0 Å². The minimum atomic E-state index is -0.758. The molecule has 0 amide bonds. The fourth-order valence-electron chi connectivity index (χ4n) is 1.61. The van der Waals surface area contributed by atoms with Gasteiger partial charge in [0.05, 0.1) is 5.60 Å². The van der Waals surface area contributed by atoms with Crippen LogP contribution in [-0.2, 0) is 0 Å². The molecule has 1 N–H and O–H groups in total. The summed E-state index contributed by atoms with van der Waals surface area (Å²) in [5.41, 5.74) is 0.0592. The van der Waals surface area contributed by atoms with Gasteiger partial charge in [-0.25, -0.2) is 0 Å². The van der Waals surface area contributed by atoms with Crippen molar-refractivity contribution >= 4 is 16.5 Å². The zero-order chi connectivity index (χ0) is 13.2. The maximum Gasteiger partial charge on any atom is 0.208 e. The maximum atomic E-state index is 9.78. The molecule has 5 nitrogen and oxygen atoms in total. The highest BCUT2D eigenvalue weighted by atomic mass is 32.1. The van der Waals surface area contributed by atoms with Crippen molar-refractivity contribution in [1.29, 1.82) is 0 Å². The molecule has 0 aliphatic carbocycles. The average Bonchev–Trinajstić information content (AvgIpc) is 2.77. The number of likely N-dealkylation sites (N-methyl/N-ethyl adjacent to an activating group) is 1. The second-order valence-corrected chi connectivity index (χ2v) is 5.73. The molecule has 6 heteroatoms. The SMILES string of the molecule is CN(CC(C)(C)O)c1nnc(-c2ccccn2)s1. The van der Waals surface area contributed by atoms with Crippen molar-refractivity contribution in [2.45, 2.75) is 19.4 Å². The molecule has 2 heterocycles. The van der Waals surface area contributed by atoms with E-state index in [0.29, 0.717) is 6.54 Å². The van der Waals surface area contributed by atoms with E-state index in [0.717, 1.165) is 15.8 Å². The van der Waals surface area contributed by atoms with E-state index in [2.05, 4.69) is 15.2 Å². The number of anilines is 1. The first-order valence-electron chi connectivity index (χ1n) is 5.64. The van der Waals surface area contributed by atoms with Gasteiger partial charge in [-0.15, -0.1) is 10.2 Å². The lowest BCUT2D eigenvalue weighted by atomic mass is 10.1. The maximum absolute atomic E-state index is 9.78. The Labute approximate surface area is 110 Å². The standard InChI is InChI=1S/C12H16N4OS/c1-12(2,17)8-16(3)11-15-14-10(18-11)9-6-4-5-7-13-9/h4-7,17H,8H2,1-3H3. The Kier molecular flexibility index (Phi) is 3.58. The van der Waals surface area contributed by atoms with Crippen LogP contribution in [0.5, 0.6) is 0 Å². The normalized spacial score (nSPS) is 11.6. The first-order chi connectivity index (χ1) is 8.46. The van der Waals surface area contributed by atoms with Gasteiger partial charge < -0.3 is 10.0 Å². The number of rotatable bonds is 4. The first kappa shape index (κ1) is 12.9. The number of hydrogen-bond donors (Lipinski definition) is 1. The fourth-order valence-corrected chi connectivity index (χ4v) is 2.39.